The van der Waals surface area contributed by atoms with Gasteiger partial charge in [0, 0.05) is 36.1 Å². The van der Waals surface area contributed by atoms with E-state index in [0.717, 1.165) is 83.1 Å². The Hall–Kier alpha value is -3.81. The van der Waals surface area contributed by atoms with Crippen LogP contribution in [0.2, 0.25) is 0 Å². The van der Waals surface area contributed by atoms with Crippen molar-refractivity contribution in [2.45, 2.75) is 26.7 Å². The largest absolute Gasteiger partial charge is 0.493 e. The smallest absolute Gasteiger partial charge is 0.352 e. The summed E-state index contributed by atoms with van der Waals surface area (Å²) < 4.78 is 17.6. The fourth-order valence-electron chi connectivity index (χ4n) is 5.26. The van der Waals surface area contributed by atoms with E-state index in [2.05, 4.69) is 28.9 Å². The number of nitrogens with one attached hydrogen (secondary N) is 1. The van der Waals surface area contributed by atoms with Crippen molar-refractivity contribution in [2.24, 2.45) is 0 Å². The molecule has 1 saturated heterocycles. The SMILES string of the molecule is Cc1ccccc1-c1cccc2c(CCCOc3cccc(OCCN4CCOCC4)c3C)c(C(=O)O)[nH]c12. The van der Waals surface area contributed by atoms with Crippen LogP contribution in [0.4, 0.5) is 0 Å². The van der Waals surface area contributed by atoms with Crippen LogP contribution in [-0.4, -0.2) is 67.0 Å². The number of aryl methyl sites for hydroxylation is 2. The Morgan fingerprint density at radius 3 is 2.36 bits per heavy atom. The highest BCUT2D eigenvalue weighted by Gasteiger charge is 2.19. The summed E-state index contributed by atoms with van der Waals surface area (Å²) in [6, 6.07) is 20.1. The summed E-state index contributed by atoms with van der Waals surface area (Å²) in [7, 11) is 0. The minimum atomic E-state index is -0.948. The normalized spacial score (nSPS) is 14.0. The molecule has 3 aromatic carbocycles. The maximum Gasteiger partial charge on any atom is 0.352 e. The molecule has 1 aliphatic rings. The van der Waals surface area contributed by atoms with Gasteiger partial charge in [-0.3, -0.25) is 4.90 Å². The van der Waals surface area contributed by atoms with Gasteiger partial charge in [0.15, 0.2) is 0 Å². The third-order valence-corrected chi connectivity index (χ3v) is 7.42. The van der Waals surface area contributed by atoms with E-state index >= 15 is 0 Å². The lowest BCUT2D eigenvalue weighted by Gasteiger charge is -2.26. The van der Waals surface area contributed by atoms with Crippen LogP contribution in [-0.2, 0) is 11.2 Å². The van der Waals surface area contributed by atoms with Crippen LogP contribution in [0.3, 0.4) is 0 Å². The number of hydrogen-bond acceptors (Lipinski definition) is 5. The van der Waals surface area contributed by atoms with Crippen molar-refractivity contribution in [3.8, 4) is 22.6 Å². The number of carboxylic acid groups (broad SMARTS) is 1. The zero-order valence-corrected chi connectivity index (χ0v) is 22.7. The maximum atomic E-state index is 12.1. The van der Waals surface area contributed by atoms with Crippen molar-refractivity contribution in [3.63, 3.8) is 0 Å². The second kappa shape index (κ2) is 12.4. The Bertz CT molecular complexity index is 1440. The predicted molar refractivity (Wildman–Crippen MR) is 153 cm³/mol. The number of morpholine rings is 1. The minimum Gasteiger partial charge on any atom is -0.493 e. The Morgan fingerprint density at radius 2 is 1.62 bits per heavy atom. The third kappa shape index (κ3) is 6.10. The average molecular weight is 529 g/mol. The van der Waals surface area contributed by atoms with Crippen LogP contribution in [0.25, 0.3) is 22.0 Å². The number of ether oxygens (including phenoxy) is 3. The topological polar surface area (TPSA) is 84.0 Å². The summed E-state index contributed by atoms with van der Waals surface area (Å²) in [5.74, 6) is 0.669. The number of benzene rings is 3. The summed E-state index contributed by atoms with van der Waals surface area (Å²) in [6.45, 7) is 9.49. The number of hydrogen-bond donors (Lipinski definition) is 2. The van der Waals surface area contributed by atoms with Crippen LogP contribution in [0, 0.1) is 13.8 Å². The first kappa shape index (κ1) is 26.8. The first-order chi connectivity index (χ1) is 19.0. The van der Waals surface area contributed by atoms with Crippen LogP contribution >= 0.6 is 0 Å². The van der Waals surface area contributed by atoms with Gasteiger partial charge in [-0.05, 0) is 55.5 Å². The molecule has 0 atom stereocenters. The fourth-order valence-corrected chi connectivity index (χ4v) is 5.26. The second-order valence-electron chi connectivity index (χ2n) is 9.96. The fraction of sp³-hybridized carbons (Fsp3) is 0.344. The predicted octanol–water partition coefficient (Wildman–Crippen LogP) is 5.87. The van der Waals surface area contributed by atoms with Crippen molar-refractivity contribution >= 4 is 16.9 Å². The molecule has 2 heterocycles. The molecule has 0 bridgehead atoms. The van der Waals surface area contributed by atoms with Crippen molar-refractivity contribution < 1.29 is 24.1 Å². The molecule has 0 spiro atoms. The first-order valence-corrected chi connectivity index (χ1v) is 13.6. The Balaban J connectivity index is 1.24. The molecule has 0 unspecified atom stereocenters. The van der Waals surface area contributed by atoms with E-state index in [1.165, 1.54) is 0 Å². The summed E-state index contributed by atoms with van der Waals surface area (Å²) in [4.78, 5) is 17.7. The highest BCUT2D eigenvalue weighted by Crippen LogP contribution is 2.34. The van der Waals surface area contributed by atoms with Crippen molar-refractivity contribution in [1.29, 1.82) is 0 Å². The number of H-pyrrole nitrogens is 1. The third-order valence-electron chi connectivity index (χ3n) is 7.42. The number of carbonyl (C=O) groups is 1. The molecule has 0 radical (unpaired) electrons. The molecule has 0 aliphatic carbocycles. The van der Waals surface area contributed by atoms with E-state index in [4.69, 9.17) is 14.2 Å². The van der Waals surface area contributed by atoms with Crippen molar-refractivity contribution in [2.75, 3.05) is 46.1 Å². The number of rotatable bonds is 11. The number of aromatic carboxylic acids is 1. The first-order valence-electron chi connectivity index (χ1n) is 13.6. The lowest BCUT2D eigenvalue weighted by atomic mass is 9.97. The molecule has 7 heteroatoms. The number of aromatic amines is 1. The standard InChI is InChI=1S/C32H36N2O5/c1-22-8-3-4-9-24(22)25-10-5-11-26-27(31(32(35)36)33-30(25)26)12-7-18-38-28-13-6-14-29(23(28)2)39-21-17-34-15-19-37-20-16-34/h3-6,8-11,13-14,33H,7,12,15-21H2,1-2H3,(H,35,36). The molecular weight excluding hydrogens is 492 g/mol. The number of fused-ring (bicyclic) bond motifs is 1. The van der Waals surface area contributed by atoms with E-state index in [0.29, 0.717) is 26.1 Å². The molecule has 0 saturated carbocycles. The van der Waals surface area contributed by atoms with Crippen LogP contribution in [0.15, 0.2) is 60.7 Å². The van der Waals surface area contributed by atoms with Crippen LogP contribution < -0.4 is 9.47 Å². The summed E-state index contributed by atoms with van der Waals surface area (Å²) >= 11 is 0. The average Bonchev–Trinajstić information content (AvgIpc) is 3.33. The van der Waals surface area contributed by atoms with E-state index in [1.807, 2.05) is 55.5 Å². The zero-order valence-electron chi connectivity index (χ0n) is 22.7. The quantitative estimate of drug-likeness (QED) is 0.237. The molecule has 1 aromatic heterocycles. The van der Waals surface area contributed by atoms with Gasteiger partial charge in [0.2, 0.25) is 0 Å². The minimum absolute atomic E-state index is 0.248. The van der Waals surface area contributed by atoms with Gasteiger partial charge in [-0.2, -0.15) is 0 Å². The van der Waals surface area contributed by atoms with Crippen molar-refractivity contribution in [3.05, 3.63) is 83.0 Å². The van der Waals surface area contributed by atoms with Crippen LogP contribution in [0.5, 0.6) is 11.5 Å². The molecular formula is C32H36N2O5. The number of para-hydroxylation sites is 1. The molecule has 2 N–H and O–H groups in total. The molecule has 39 heavy (non-hydrogen) atoms. The lowest BCUT2D eigenvalue weighted by molar-refractivity contribution is 0.0322. The van der Waals surface area contributed by atoms with Gasteiger partial charge >= 0.3 is 5.97 Å². The Kier molecular flexibility index (Phi) is 8.49. The van der Waals surface area contributed by atoms with Gasteiger partial charge in [-0.15, -0.1) is 0 Å². The summed E-state index contributed by atoms with van der Waals surface area (Å²) in [5, 5.41) is 10.9. The molecule has 5 rings (SSSR count). The van der Waals surface area contributed by atoms with Crippen LogP contribution in [0.1, 0.15) is 33.6 Å². The van der Waals surface area contributed by atoms with E-state index in [-0.39, 0.29) is 5.69 Å². The number of carboxylic acids is 1. The highest BCUT2D eigenvalue weighted by molar-refractivity contribution is 6.03. The molecule has 1 fully saturated rings. The highest BCUT2D eigenvalue weighted by atomic mass is 16.5. The monoisotopic (exact) mass is 528 g/mol. The Morgan fingerprint density at radius 1 is 0.923 bits per heavy atom. The lowest BCUT2D eigenvalue weighted by Crippen LogP contribution is -2.38. The molecule has 0 amide bonds. The van der Waals surface area contributed by atoms with E-state index < -0.39 is 5.97 Å². The summed E-state index contributed by atoms with van der Waals surface area (Å²) in [6.07, 6.45) is 1.27. The zero-order chi connectivity index (χ0) is 27.2. The van der Waals surface area contributed by atoms with Crippen molar-refractivity contribution in [1.82, 2.24) is 9.88 Å². The van der Waals surface area contributed by atoms with Gasteiger partial charge in [0.1, 0.15) is 23.8 Å². The number of aromatic nitrogens is 1. The summed E-state index contributed by atoms with van der Waals surface area (Å²) in [5.41, 5.74) is 6.15. The van der Waals surface area contributed by atoms with E-state index in [9.17, 15) is 9.90 Å². The molecule has 204 valence electrons. The molecule has 4 aromatic rings. The Labute approximate surface area is 229 Å². The van der Waals surface area contributed by atoms with Gasteiger partial charge in [0.25, 0.3) is 0 Å². The number of nitrogens with zero attached hydrogens (tertiary/aromatic N) is 1. The van der Waals surface area contributed by atoms with Gasteiger partial charge in [-0.1, -0.05) is 48.5 Å². The molecule has 7 nitrogen and oxygen atoms in total. The van der Waals surface area contributed by atoms with Gasteiger partial charge in [-0.25, -0.2) is 4.79 Å². The van der Waals surface area contributed by atoms with Gasteiger partial charge in [0.05, 0.1) is 25.3 Å². The maximum absolute atomic E-state index is 12.1. The van der Waals surface area contributed by atoms with E-state index in [1.54, 1.807) is 0 Å². The second-order valence-corrected chi connectivity index (χ2v) is 9.96. The van der Waals surface area contributed by atoms with Gasteiger partial charge < -0.3 is 24.3 Å². The molecule has 1 aliphatic heterocycles.